The number of hydrogen-bond acceptors (Lipinski definition) is 6. The number of nitrogens with one attached hydrogen (secondary N) is 1. The van der Waals surface area contributed by atoms with E-state index in [2.05, 4.69) is 5.32 Å². The summed E-state index contributed by atoms with van der Waals surface area (Å²) in [7, 11) is -3.66. The fourth-order valence-corrected chi connectivity index (χ4v) is 5.93. The first-order chi connectivity index (χ1) is 18.6. The minimum atomic E-state index is -3.66. The lowest BCUT2D eigenvalue weighted by Crippen LogP contribution is -2.49. The summed E-state index contributed by atoms with van der Waals surface area (Å²) < 4.78 is 52.0. The summed E-state index contributed by atoms with van der Waals surface area (Å²) in [6, 6.07) is 10.3. The van der Waals surface area contributed by atoms with Crippen molar-refractivity contribution in [2.75, 3.05) is 30.3 Å². The maximum absolute atomic E-state index is 14.5. The van der Waals surface area contributed by atoms with Crippen LogP contribution in [0.3, 0.4) is 0 Å². The van der Waals surface area contributed by atoms with E-state index >= 15 is 0 Å². The summed E-state index contributed by atoms with van der Waals surface area (Å²) in [5.74, 6) is -0.0898. The van der Waals surface area contributed by atoms with Gasteiger partial charge >= 0.3 is 0 Å². The fraction of sp³-hybridized carbons (Fsp3) is 0.500. The van der Waals surface area contributed by atoms with Crippen molar-refractivity contribution in [3.05, 3.63) is 53.8 Å². The van der Waals surface area contributed by atoms with Gasteiger partial charge in [-0.3, -0.25) is 13.9 Å². The van der Waals surface area contributed by atoms with Crippen molar-refractivity contribution in [3.8, 4) is 11.5 Å². The molecule has 4 rings (SSSR count). The Labute approximate surface area is 229 Å². The Bertz CT molecular complexity index is 1280. The number of halogens is 1. The molecular formula is C28H36FN3O6S. The molecule has 1 atom stereocenters. The van der Waals surface area contributed by atoms with Gasteiger partial charge < -0.3 is 19.7 Å². The highest BCUT2D eigenvalue weighted by atomic mass is 32.2. The Kier molecular flexibility index (Phi) is 9.32. The number of hydrogen-bond donors (Lipinski definition) is 1. The van der Waals surface area contributed by atoms with Crippen molar-refractivity contribution < 1.29 is 31.9 Å². The Hall–Kier alpha value is -3.34. The Morgan fingerprint density at radius 2 is 1.77 bits per heavy atom. The first-order valence-corrected chi connectivity index (χ1v) is 15.2. The van der Waals surface area contributed by atoms with Gasteiger partial charge in [0.2, 0.25) is 21.8 Å². The second-order valence-corrected chi connectivity index (χ2v) is 12.0. The molecule has 9 nitrogen and oxygen atoms in total. The summed E-state index contributed by atoms with van der Waals surface area (Å²) in [4.78, 5) is 27.8. The number of sulfonamides is 1. The predicted octanol–water partition coefficient (Wildman–Crippen LogP) is 3.62. The van der Waals surface area contributed by atoms with Crippen molar-refractivity contribution in [3.63, 3.8) is 0 Å². The summed E-state index contributed by atoms with van der Waals surface area (Å²) in [5, 5.41) is 3.02. The monoisotopic (exact) mass is 561 g/mol. The van der Waals surface area contributed by atoms with Crippen molar-refractivity contribution in [1.29, 1.82) is 0 Å². The molecule has 2 aromatic carbocycles. The highest BCUT2D eigenvalue weighted by molar-refractivity contribution is 7.92. The second-order valence-electron chi connectivity index (χ2n) is 10.0. The van der Waals surface area contributed by atoms with Gasteiger partial charge in [0.05, 0.1) is 11.9 Å². The maximum atomic E-state index is 14.5. The summed E-state index contributed by atoms with van der Waals surface area (Å²) in [5.41, 5.74) is 0.710. The maximum Gasteiger partial charge on any atom is 0.242 e. The highest BCUT2D eigenvalue weighted by Crippen LogP contribution is 2.34. The lowest BCUT2D eigenvalue weighted by Gasteiger charge is -2.30. The van der Waals surface area contributed by atoms with Crippen LogP contribution < -0.4 is 19.1 Å². The zero-order valence-corrected chi connectivity index (χ0v) is 23.2. The molecular weight excluding hydrogens is 525 g/mol. The summed E-state index contributed by atoms with van der Waals surface area (Å²) in [6.45, 7) is 2.41. The van der Waals surface area contributed by atoms with Gasteiger partial charge in [0.1, 0.15) is 25.1 Å². The largest absolute Gasteiger partial charge is 0.486 e. The van der Waals surface area contributed by atoms with E-state index in [0.717, 1.165) is 31.9 Å². The number of rotatable bonds is 11. The van der Waals surface area contributed by atoms with Crippen LogP contribution >= 0.6 is 0 Å². The van der Waals surface area contributed by atoms with E-state index in [4.69, 9.17) is 9.47 Å². The minimum Gasteiger partial charge on any atom is -0.486 e. The van der Waals surface area contributed by atoms with Gasteiger partial charge in [-0.2, -0.15) is 0 Å². The van der Waals surface area contributed by atoms with Crippen LogP contribution in [0.5, 0.6) is 11.5 Å². The number of anilines is 1. The molecule has 1 fully saturated rings. The zero-order chi connectivity index (χ0) is 28.0. The van der Waals surface area contributed by atoms with E-state index in [9.17, 15) is 22.4 Å². The van der Waals surface area contributed by atoms with Crippen LogP contribution in [0.2, 0.25) is 0 Å². The van der Waals surface area contributed by atoms with Gasteiger partial charge in [0.15, 0.2) is 11.5 Å². The lowest BCUT2D eigenvalue weighted by molar-refractivity contribution is -0.141. The van der Waals surface area contributed by atoms with Gasteiger partial charge in [-0.15, -0.1) is 0 Å². The number of ether oxygens (including phenoxy) is 2. The number of carbonyl (C=O) groups excluding carboxylic acids is 2. The van der Waals surface area contributed by atoms with Gasteiger partial charge in [-0.25, -0.2) is 12.8 Å². The van der Waals surface area contributed by atoms with E-state index in [-0.39, 0.29) is 43.8 Å². The standard InChI is InChI=1S/C28H36FN3O6S/c1-20(28(34)30-22-9-4-5-10-22)31(19-21-8-3-6-11-24(21)29)27(33)12-7-15-32(39(2,35)36)23-13-14-25-26(18-23)38-17-16-37-25/h3,6,8,11,13-14,18,20,22H,4-5,7,9-10,12,15-17,19H2,1-2H3,(H,30,34)/t20-/m0/s1. The Morgan fingerprint density at radius 3 is 2.46 bits per heavy atom. The molecule has 0 saturated heterocycles. The molecule has 0 radical (unpaired) electrons. The molecule has 11 heteroatoms. The Morgan fingerprint density at radius 1 is 1.08 bits per heavy atom. The van der Waals surface area contributed by atoms with E-state index in [0.29, 0.717) is 36.0 Å². The molecule has 1 aliphatic carbocycles. The third kappa shape index (κ3) is 7.40. The molecule has 2 aromatic rings. The average molecular weight is 562 g/mol. The number of benzene rings is 2. The molecule has 1 saturated carbocycles. The van der Waals surface area contributed by atoms with Crippen molar-refractivity contribution in [2.24, 2.45) is 0 Å². The molecule has 0 bridgehead atoms. The van der Waals surface area contributed by atoms with E-state index in [1.807, 2.05) is 0 Å². The van der Waals surface area contributed by atoms with Crippen LogP contribution in [0.25, 0.3) is 0 Å². The van der Waals surface area contributed by atoms with Crippen LogP contribution in [0, 0.1) is 5.82 Å². The quantitative estimate of drug-likeness (QED) is 0.449. The summed E-state index contributed by atoms with van der Waals surface area (Å²) in [6.07, 6.45) is 5.19. The van der Waals surface area contributed by atoms with Crippen LogP contribution in [0.1, 0.15) is 51.0 Å². The van der Waals surface area contributed by atoms with E-state index in [1.165, 1.54) is 15.3 Å². The van der Waals surface area contributed by atoms with Crippen LogP contribution in [0.15, 0.2) is 42.5 Å². The van der Waals surface area contributed by atoms with Crippen molar-refractivity contribution in [2.45, 2.75) is 64.1 Å². The first kappa shape index (κ1) is 28.7. The molecule has 212 valence electrons. The average Bonchev–Trinajstić information content (AvgIpc) is 3.42. The van der Waals surface area contributed by atoms with Gasteiger partial charge in [0.25, 0.3) is 0 Å². The molecule has 1 aliphatic heterocycles. The SMILES string of the molecule is C[C@@H](C(=O)NC1CCCC1)N(Cc1ccccc1F)C(=O)CCCN(c1ccc2c(c1)OCCO2)S(C)(=O)=O. The number of fused-ring (bicyclic) bond motifs is 1. The fourth-order valence-electron chi connectivity index (χ4n) is 4.98. The molecule has 0 aromatic heterocycles. The van der Waals surface area contributed by atoms with Gasteiger partial charge in [-0.05, 0) is 44.4 Å². The van der Waals surface area contributed by atoms with Crippen LogP contribution in [-0.2, 0) is 26.2 Å². The Balaban J connectivity index is 1.46. The topological polar surface area (TPSA) is 105 Å². The zero-order valence-electron chi connectivity index (χ0n) is 22.4. The third-order valence-corrected chi connectivity index (χ3v) is 8.33. The summed E-state index contributed by atoms with van der Waals surface area (Å²) >= 11 is 0. The normalized spacial score (nSPS) is 16.0. The molecule has 2 aliphatic rings. The minimum absolute atomic E-state index is 0.0218. The highest BCUT2D eigenvalue weighted by Gasteiger charge is 2.29. The van der Waals surface area contributed by atoms with Crippen LogP contribution in [0.4, 0.5) is 10.1 Å². The molecule has 1 N–H and O–H groups in total. The molecule has 0 unspecified atom stereocenters. The van der Waals surface area contributed by atoms with E-state index < -0.39 is 21.9 Å². The number of nitrogens with zero attached hydrogens (tertiary/aromatic N) is 2. The number of carbonyl (C=O) groups is 2. The van der Waals surface area contributed by atoms with Gasteiger partial charge in [0, 0.05) is 37.2 Å². The predicted molar refractivity (Wildman–Crippen MR) is 146 cm³/mol. The molecule has 0 spiro atoms. The molecule has 1 heterocycles. The van der Waals surface area contributed by atoms with Crippen molar-refractivity contribution in [1.82, 2.24) is 10.2 Å². The first-order valence-electron chi connectivity index (χ1n) is 13.3. The van der Waals surface area contributed by atoms with Crippen molar-refractivity contribution >= 4 is 27.5 Å². The second kappa shape index (κ2) is 12.7. The molecule has 2 amide bonds. The molecule has 39 heavy (non-hydrogen) atoms. The van der Waals surface area contributed by atoms with E-state index in [1.54, 1.807) is 43.3 Å². The lowest BCUT2D eigenvalue weighted by atomic mass is 10.1. The smallest absolute Gasteiger partial charge is 0.242 e. The number of amides is 2. The van der Waals surface area contributed by atoms with Crippen LogP contribution in [-0.4, -0.2) is 63.2 Å². The van der Waals surface area contributed by atoms with Gasteiger partial charge in [-0.1, -0.05) is 31.0 Å². The third-order valence-electron chi connectivity index (χ3n) is 7.13.